The number of hydrogen-bond donors (Lipinski definition) is 1. The second kappa shape index (κ2) is 9.13. The van der Waals surface area contributed by atoms with Gasteiger partial charge in [-0.25, -0.2) is 0 Å². The molecule has 0 amide bonds. The minimum atomic E-state index is -4.35. The molecule has 0 saturated heterocycles. The van der Waals surface area contributed by atoms with Gasteiger partial charge in [0.15, 0.2) is 0 Å². The van der Waals surface area contributed by atoms with Crippen LogP contribution in [0.2, 0.25) is 0 Å². The Bertz CT molecular complexity index is 1000. The highest BCUT2D eigenvalue weighted by atomic mass is 79.9. The Labute approximate surface area is 175 Å². The van der Waals surface area contributed by atoms with Gasteiger partial charge in [0.25, 0.3) is 0 Å². The molecule has 0 aliphatic heterocycles. The van der Waals surface area contributed by atoms with E-state index in [1.807, 2.05) is 43.3 Å². The average molecular weight is 463 g/mol. The van der Waals surface area contributed by atoms with Crippen LogP contribution in [0.4, 0.5) is 18.9 Å². The van der Waals surface area contributed by atoms with Crippen LogP contribution in [0.1, 0.15) is 22.3 Å². The number of hydrazone groups is 1. The fourth-order valence-electron chi connectivity index (χ4n) is 2.59. The van der Waals surface area contributed by atoms with Crippen molar-refractivity contribution in [3.05, 3.63) is 93.5 Å². The molecule has 7 heteroatoms. The first kappa shape index (κ1) is 20.9. The number of ether oxygens (including phenoxy) is 1. The van der Waals surface area contributed by atoms with Crippen molar-refractivity contribution in [2.75, 3.05) is 5.43 Å². The van der Waals surface area contributed by atoms with Crippen LogP contribution in [-0.4, -0.2) is 6.21 Å². The predicted molar refractivity (Wildman–Crippen MR) is 112 cm³/mol. The van der Waals surface area contributed by atoms with E-state index in [1.54, 1.807) is 6.21 Å². The molecule has 0 aliphatic rings. The summed E-state index contributed by atoms with van der Waals surface area (Å²) in [5, 5.41) is 4.06. The molecule has 0 heterocycles. The summed E-state index contributed by atoms with van der Waals surface area (Å²) in [7, 11) is 0. The van der Waals surface area contributed by atoms with Gasteiger partial charge in [0.05, 0.1) is 21.9 Å². The highest BCUT2D eigenvalue weighted by Crippen LogP contribution is 2.30. The predicted octanol–water partition coefficient (Wildman–Crippen LogP) is 6.80. The molecule has 29 heavy (non-hydrogen) atoms. The normalized spacial score (nSPS) is 11.6. The summed E-state index contributed by atoms with van der Waals surface area (Å²) in [6, 6.07) is 18.3. The molecule has 3 aromatic rings. The number of hydrogen-bond acceptors (Lipinski definition) is 3. The van der Waals surface area contributed by atoms with Crippen LogP contribution >= 0.6 is 15.9 Å². The van der Waals surface area contributed by atoms with Crippen molar-refractivity contribution in [1.82, 2.24) is 0 Å². The van der Waals surface area contributed by atoms with E-state index in [4.69, 9.17) is 4.74 Å². The summed E-state index contributed by atoms with van der Waals surface area (Å²) in [6.45, 7) is 2.50. The zero-order chi connectivity index (χ0) is 20.9. The molecule has 3 aromatic carbocycles. The zero-order valence-corrected chi connectivity index (χ0v) is 17.1. The van der Waals surface area contributed by atoms with Gasteiger partial charge in [0.1, 0.15) is 12.4 Å². The fourth-order valence-corrected chi connectivity index (χ4v) is 3.10. The van der Waals surface area contributed by atoms with Gasteiger partial charge in [-0.3, -0.25) is 5.43 Å². The Morgan fingerprint density at radius 1 is 1.03 bits per heavy atom. The molecule has 0 atom stereocenters. The molecule has 0 bridgehead atoms. The lowest BCUT2D eigenvalue weighted by Gasteiger charge is -2.09. The van der Waals surface area contributed by atoms with Crippen molar-refractivity contribution in [1.29, 1.82) is 0 Å². The van der Waals surface area contributed by atoms with Crippen LogP contribution in [0.3, 0.4) is 0 Å². The molecule has 0 spiro atoms. The Morgan fingerprint density at radius 2 is 1.79 bits per heavy atom. The highest BCUT2D eigenvalue weighted by Gasteiger charge is 2.29. The Hall–Kier alpha value is -2.80. The van der Waals surface area contributed by atoms with Crippen LogP contribution in [0.5, 0.6) is 5.75 Å². The highest BCUT2D eigenvalue weighted by molar-refractivity contribution is 9.10. The molecule has 3 nitrogen and oxygen atoms in total. The number of aryl methyl sites for hydroxylation is 1. The van der Waals surface area contributed by atoms with Crippen molar-refractivity contribution in [2.24, 2.45) is 5.10 Å². The van der Waals surface area contributed by atoms with Gasteiger partial charge in [0, 0.05) is 0 Å². The summed E-state index contributed by atoms with van der Waals surface area (Å²) in [5.41, 5.74) is 5.55. The van der Waals surface area contributed by atoms with Gasteiger partial charge >= 0.3 is 6.18 Å². The molecule has 0 aromatic heterocycles. The van der Waals surface area contributed by atoms with E-state index >= 15 is 0 Å². The summed E-state index contributed by atoms with van der Waals surface area (Å²) < 4.78 is 44.3. The van der Waals surface area contributed by atoms with Crippen LogP contribution in [-0.2, 0) is 12.8 Å². The van der Waals surface area contributed by atoms with E-state index in [9.17, 15) is 13.2 Å². The maximum absolute atomic E-state index is 12.6. The molecular weight excluding hydrogens is 445 g/mol. The standard InChI is InChI=1S/C22H18BrF3N2O/c1-15-3-2-4-17(11-15)14-29-21-10-5-16(12-20(21)23)13-27-28-19-8-6-18(7-9-19)22(24,25)26/h2-13,28H,14H2,1H3/b27-13+. The zero-order valence-electron chi connectivity index (χ0n) is 15.5. The van der Waals surface area contributed by atoms with Crippen molar-refractivity contribution in [2.45, 2.75) is 19.7 Å². The quantitative estimate of drug-likeness (QED) is 0.322. The third-order valence-electron chi connectivity index (χ3n) is 4.05. The van der Waals surface area contributed by atoms with Gasteiger partial charge in [-0.05, 0) is 76.4 Å². The first-order valence-electron chi connectivity index (χ1n) is 8.75. The number of benzene rings is 3. The number of rotatable bonds is 6. The van der Waals surface area contributed by atoms with E-state index < -0.39 is 11.7 Å². The largest absolute Gasteiger partial charge is 0.488 e. The minimum absolute atomic E-state index is 0.462. The van der Waals surface area contributed by atoms with Crippen LogP contribution in [0.25, 0.3) is 0 Å². The molecule has 0 aliphatic carbocycles. The molecule has 150 valence electrons. The Balaban J connectivity index is 1.58. The first-order chi connectivity index (χ1) is 13.8. The summed E-state index contributed by atoms with van der Waals surface area (Å²) in [5.74, 6) is 0.708. The lowest BCUT2D eigenvalue weighted by atomic mass is 10.1. The van der Waals surface area contributed by atoms with Crippen LogP contribution < -0.4 is 10.2 Å². The maximum atomic E-state index is 12.6. The van der Waals surface area contributed by atoms with Crippen molar-refractivity contribution in [3.8, 4) is 5.75 Å². The number of anilines is 1. The molecule has 0 saturated carbocycles. The van der Waals surface area contributed by atoms with E-state index in [0.717, 1.165) is 27.7 Å². The second-order valence-corrected chi connectivity index (χ2v) is 7.27. The lowest BCUT2D eigenvalue weighted by molar-refractivity contribution is -0.137. The van der Waals surface area contributed by atoms with E-state index in [1.165, 1.54) is 17.7 Å². The van der Waals surface area contributed by atoms with Crippen molar-refractivity contribution < 1.29 is 17.9 Å². The monoisotopic (exact) mass is 462 g/mol. The van der Waals surface area contributed by atoms with Crippen LogP contribution in [0.15, 0.2) is 76.3 Å². The molecule has 1 N–H and O–H groups in total. The number of alkyl halides is 3. The van der Waals surface area contributed by atoms with Gasteiger partial charge in [-0.1, -0.05) is 29.8 Å². The molecule has 0 fully saturated rings. The van der Waals surface area contributed by atoms with Crippen molar-refractivity contribution >= 4 is 27.8 Å². The topological polar surface area (TPSA) is 33.6 Å². The maximum Gasteiger partial charge on any atom is 0.416 e. The average Bonchev–Trinajstić information content (AvgIpc) is 2.67. The smallest absolute Gasteiger partial charge is 0.416 e. The Kier molecular flexibility index (Phi) is 6.59. The summed E-state index contributed by atoms with van der Waals surface area (Å²) >= 11 is 3.48. The molecule has 0 unspecified atom stereocenters. The van der Waals surface area contributed by atoms with Crippen LogP contribution in [0, 0.1) is 6.92 Å². The van der Waals surface area contributed by atoms with E-state index in [2.05, 4.69) is 32.5 Å². The third-order valence-corrected chi connectivity index (χ3v) is 4.67. The second-order valence-electron chi connectivity index (χ2n) is 6.41. The van der Waals surface area contributed by atoms with E-state index in [0.29, 0.717) is 18.0 Å². The number of nitrogens with zero attached hydrogens (tertiary/aromatic N) is 1. The Morgan fingerprint density at radius 3 is 2.45 bits per heavy atom. The first-order valence-corrected chi connectivity index (χ1v) is 9.55. The third kappa shape index (κ3) is 6.09. The van der Waals surface area contributed by atoms with E-state index in [-0.39, 0.29) is 0 Å². The fraction of sp³-hybridized carbons (Fsp3) is 0.136. The van der Waals surface area contributed by atoms with Gasteiger partial charge < -0.3 is 4.74 Å². The lowest BCUT2D eigenvalue weighted by Crippen LogP contribution is -2.04. The SMILES string of the molecule is Cc1cccc(COc2ccc(/C=N/Nc3ccc(C(F)(F)F)cc3)cc2Br)c1. The number of halogens is 4. The number of nitrogens with one attached hydrogen (secondary N) is 1. The summed E-state index contributed by atoms with van der Waals surface area (Å²) in [6.07, 6.45) is -2.77. The minimum Gasteiger partial charge on any atom is -0.488 e. The molecular formula is C22H18BrF3N2O. The summed E-state index contributed by atoms with van der Waals surface area (Å²) in [4.78, 5) is 0. The van der Waals surface area contributed by atoms with Gasteiger partial charge in [-0.2, -0.15) is 18.3 Å². The molecule has 3 rings (SSSR count). The van der Waals surface area contributed by atoms with Gasteiger partial charge in [0.2, 0.25) is 0 Å². The van der Waals surface area contributed by atoms with Gasteiger partial charge in [-0.15, -0.1) is 0 Å². The molecule has 0 radical (unpaired) electrons. The van der Waals surface area contributed by atoms with Crippen molar-refractivity contribution in [3.63, 3.8) is 0 Å².